The third-order valence-corrected chi connectivity index (χ3v) is 4.09. The molecule has 0 spiro atoms. The molecule has 11 heteroatoms. The predicted molar refractivity (Wildman–Crippen MR) is 145 cm³/mol. The Morgan fingerprint density at radius 1 is 0.457 bits per heavy atom. The average molecular weight is 600 g/mol. The third-order valence-electron chi connectivity index (χ3n) is 4.09. The Bertz CT molecular complexity index is 1140. The number of hydrogen-bond donors (Lipinski definition) is 2. The molecule has 0 unspecified atom stereocenters. The molecule has 0 aliphatic carbocycles. The molecule has 0 aliphatic rings. The van der Waals surface area contributed by atoms with E-state index in [1.807, 2.05) is 84.9 Å². The minimum atomic E-state index is -3.36. The Morgan fingerprint density at radius 3 is 0.971 bits per heavy atom. The van der Waals surface area contributed by atoms with Crippen molar-refractivity contribution in [2.45, 2.75) is 0 Å². The summed E-state index contributed by atoms with van der Waals surface area (Å²) in [6, 6.07) is 34.2. The van der Waals surface area contributed by atoms with Crippen LogP contribution < -0.4 is 10.6 Å². The van der Waals surface area contributed by atoms with Crippen LogP contribution in [0, 0.1) is 10.8 Å². The van der Waals surface area contributed by atoms with Crippen molar-refractivity contribution in [2.24, 2.45) is 0 Å². The van der Waals surface area contributed by atoms with Gasteiger partial charge in [0.1, 0.15) is 0 Å². The van der Waals surface area contributed by atoms with Gasteiger partial charge in [-0.1, -0.05) is 36.4 Å². The molecule has 0 atom stereocenters. The monoisotopic (exact) mass is 596 g/mol. The van der Waals surface area contributed by atoms with E-state index in [9.17, 15) is 0 Å². The van der Waals surface area contributed by atoms with E-state index in [1.165, 1.54) is 0 Å². The van der Waals surface area contributed by atoms with Crippen LogP contribution in [0.3, 0.4) is 0 Å². The molecule has 176 valence electrons. The van der Waals surface area contributed by atoms with Crippen LogP contribution in [-0.2, 0) is 10.8 Å². The molecule has 0 radical (unpaired) electrons. The number of para-hydroxylation sites is 2. The number of anilines is 4. The first kappa shape index (κ1) is 28.3. The zero-order valence-electron chi connectivity index (χ0n) is 18.4. The number of nitrogens with one attached hydrogen (secondary N) is 2. The van der Waals surface area contributed by atoms with Crippen LogP contribution >= 0.6 is 38.8 Å². The maximum atomic E-state index is 8.52. The second-order valence-corrected chi connectivity index (χ2v) is 34.6. The van der Waals surface area contributed by atoms with Gasteiger partial charge < -0.3 is 10.6 Å². The van der Waals surface area contributed by atoms with Crippen LogP contribution in [0.5, 0.6) is 0 Å². The van der Waals surface area contributed by atoms with E-state index in [4.69, 9.17) is 49.5 Å². The summed E-state index contributed by atoms with van der Waals surface area (Å²) in [4.78, 5) is 6.18. The predicted octanol–water partition coefficient (Wildman–Crippen LogP) is 10.6. The molecule has 0 fully saturated rings. The molecule has 0 saturated heterocycles. The fraction of sp³-hybridized carbons (Fsp3) is 0. The molecule has 0 bridgehead atoms. The fourth-order valence-corrected chi connectivity index (χ4v) is 2.60. The van der Waals surface area contributed by atoms with Crippen molar-refractivity contribution in [3.05, 3.63) is 119 Å². The van der Waals surface area contributed by atoms with Gasteiger partial charge in [0.05, 0.1) is 0 Å². The molecule has 4 rings (SSSR count). The number of benzene rings is 4. The molecule has 4 aromatic rings. The Kier molecular flexibility index (Phi) is 12.3. The van der Waals surface area contributed by atoms with Gasteiger partial charge in [0.15, 0.2) is 9.95 Å². The van der Waals surface area contributed by atoms with Crippen LogP contribution in [0.25, 0.3) is 9.95 Å². The molecule has 0 aliphatic heterocycles. The minimum absolute atomic E-state index is 0.550. The Balaban J connectivity index is 0.000000208. The summed E-state index contributed by atoms with van der Waals surface area (Å²) in [5.41, 5.74) is 5.10. The molecule has 2 N–H and O–H groups in total. The van der Waals surface area contributed by atoms with Crippen molar-refractivity contribution in [1.29, 1.82) is 10.8 Å². The van der Waals surface area contributed by atoms with Gasteiger partial charge in [-0.15, -0.1) is 0 Å². The molecular weight excluding hydrogens is 580 g/mol. The van der Waals surface area contributed by atoms with Gasteiger partial charge in [0.25, 0.3) is 0 Å². The van der Waals surface area contributed by atoms with E-state index in [1.54, 1.807) is 24.3 Å². The Labute approximate surface area is 223 Å². The van der Waals surface area contributed by atoms with Crippen LogP contribution in [0.1, 0.15) is 0 Å². The molecule has 0 saturated carbocycles. The van der Waals surface area contributed by atoms with Crippen molar-refractivity contribution in [3.63, 3.8) is 0 Å². The second kappa shape index (κ2) is 15.2. The van der Waals surface area contributed by atoms with Gasteiger partial charge in [0, 0.05) is 47.0 Å². The summed E-state index contributed by atoms with van der Waals surface area (Å²) >= 11 is 0. The number of rotatable bonds is 4. The first-order chi connectivity index (χ1) is 16.8. The van der Waals surface area contributed by atoms with Crippen molar-refractivity contribution < 1.29 is 10.8 Å². The summed E-state index contributed by atoms with van der Waals surface area (Å²) in [6.45, 7) is 0. The molecule has 0 aromatic heterocycles. The first-order valence-electron chi connectivity index (χ1n) is 10.4. The average Bonchev–Trinajstić information content (AvgIpc) is 2.86. The number of hydrogen-bond acceptors (Lipinski definition) is 4. The van der Waals surface area contributed by atoms with Crippen molar-refractivity contribution in [2.75, 3.05) is 10.6 Å². The van der Waals surface area contributed by atoms with Crippen LogP contribution in [0.2, 0.25) is 0 Å². The van der Waals surface area contributed by atoms with E-state index < -0.39 is 10.8 Å². The molecule has 0 amide bonds. The van der Waals surface area contributed by atoms with Crippen LogP contribution in [0.4, 0.5) is 34.1 Å². The normalized spacial score (nSPS) is 9.66. The Hall–Kier alpha value is -2.90. The van der Waals surface area contributed by atoms with Crippen LogP contribution in [-0.4, -0.2) is 0 Å². The molecule has 35 heavy (non-hydrogen) atoms. The molecule has 0 heterocycles. The molecule has 6 nitrogen and oxygen atoms in total. The summed E-state index contributed by atoms with van der Waals surface area (Å²) in [6.07, 6.45) is 0. The second-order valence-electron chi connectivity index (χ2n) is 6.88. The SMILES string of the molecule is N#[N+]c1ccc(Nc2ccccc2)cc1.N#[N+]c1ccc(Nc2ccccc2)cc1.[Cl][Zn-2]([Cl])([Cl])[Cl]. The summed E-state index contributed by atoms with van der Waals surface area (Å²) in [5, 5.41) is 23.5. The first-order valence-corrected chi connectivity index (χ1v) is 26.0. The van der Waals surface area contributed by atoms with Crippen LogP contribution in [0.15, 0.2) is 109 Å². The van der Waals surface area contributed by atoms with Gasteiger partial charge in [-0.05, 0) is 48.5 Å². The van der Waals surface area contributed by atoms with Gasteiger partial charge >= 0.3 is 61.0 Å². The van der Waals surface area contributed by atoms with E-state index in [2.05, 4.69) is 20.6 Å². The third kappa shape index (κ3) is 13.0. The quantitative estimate of drug-likeness (QED) is 0.181. The molecule has 4 aromatic carbocycles. The summed E-state index contributed by atoms with van der Waals surface area (Å²) in [7, 11) is 16.8. The van der Waals surface area contributed by atoms with Crippen molar-refractivity contribution in [1.82, 2.24) is 0 Å². The number of halogens is 4. The van der Waals surface area contributed by atoms with Crippen molar-refractivity contribution >= 4 is 72.9 Å². The van der Waals surface area contributed by atoms with Gasteiger partial charge in [-0.25, -0.2) is 0 Å². The standard InChI is InChI=1S/2C12H10N3.4ClH.Zn/c2*13-15-12-8-6-11(7-9-12)14-10-4-2-1-3-5-10;;;;;/h2*1-9,14H;4*1H;/q2*+1;;;;;+2/p-4. The number of nitrogens with zero attached hydrogens (tertiary/aromatic N) is 4. The fourth-order valence-electron chi connectivity index (χ4n) is 2.60. The topological polar surface area (TPSA) is 80.4 Å². The Morgan fingerprint density at radius 2 is 0.714 bits per heavy atom. The maximum absolute atomic E-state index is 8.52. The summed E-state index contributed by atoms with van der Waals surface area (Å²) < 4.78 is 0. The number of diazo groups is 2. The van der Waals surface area contributed by atoms with Crippen molar-refractivity contribution in [3.8, 4) is 0 Å². The van der Waals surface area contributed by atoms with Gasteiger partial charge in [0.2, 0.25) is 10.8 Å². The zero-order valence-corrected chi connectivity index (χ0v) is 24.4. The van der Waals surface area contributed by atoms with E-state index >= 15 is 0 Å². The van der Waals surface area contributed by atoms with Gasteiger partial charge in [-0.3, -0.25) is 0 Å². The van der Waals surface area contributed by atoms with Gasteiger partial charge in [-0.2, -0.15) is 0 Å². The van der Waals surface area contributed by atoms with E-state index in [0.29, 0.717) is 11.4 Å². The molecular formula is C24H20Cl4N6Zn. The van der Waals surface area contributed by atoms with E-state index in [-0.39, 0.29) is 0 Å². The summed E-state index contributed by atoms with van der Waals surface area (Å²) in [5.74, 6) is 0. The van der Waals surface area contributed by atoms with E-state index in [0.717, 1.165) is 22.7 Å². The zero-order chi connectivity index (χ0) is 25.5.